The Morgan fingerprint density at radius 1 is 0.579 bits per heavy atom. The summed E-state index contributed by atoms with van der Waals surface area (Å²) in [6.45, 7) is 2.80. The highest BCUT2D eigenvalue weighted by Crippen LogP contribution is 2.16. The summed E-state index contributed by atoms with van der Waals surface area (Å²) in [4.78, 5) is 23.2. The molecule has 226 valence electrons. The molecular formula is C33H66NO4+. The maximum atomic E-state index is 12.1. The van der Waals surface area contributed by atoms with Gasteiger partial charge in [-0.25, -0.2) is 0 Å². The summed E-state index contributed by atoms with van der Waals surface area (Å²) in [6.07, 6.45) is 30.9. The lowest BCUT2D eigenvalue weighted by Gasteiger charge is -2.28. The molecule has 1 N–H and O–H groups in total. The van der Waals surface area contributed by atoms with Crippen LogP contribution < -0.4 is 0 Å². The number of carbonyl (C=O) groups is 2. The van der Waals surface area contributed by atoms with Crippen LogP contribution in [0.25, 0.3) is 0 Å². The van der Waals surface area contributed by atoms with E-state index >= 15 is 0 Å². The van der Waals surface area contributed by atoms with Gasteiger partial charge >= 0.3 is 11.9 Å². The molecule has 0 rings (SSSR count). The zero-order valence-electron chi connectivity index (χ0n) is 26.1. The van der Waals surface area contributed by atoms with E-state index in [0.717, 1.165) is 12.8 Å². The zero-order chi connectivity index (χ0) is 28.3. The van der Waals surface area contributed by atoms with Crippen LogP contribution in [-0.2, 0) is 14.3 Å². The number of quaternary nitrogens is 1. The van der Waals surface area contributed by atoms with Gasteiger partial charge in [0.05, 0.1) is 27.6 Å². The Bertz CT molecular complexity index is 544. The number of hydrogen-bond donors (Lipinski definition) is 1. The molecule has 5 heteroatoms. The number of ether oxygens (including phenoxy) is 1. The predicted molar refractivity (Wildman–Crippen MR) is 162 cm³/mol. The third kappa shape index (κ3) is 29.5. The summed E-state index contributed by atoms with van der Waals surface area (Å²) in [5.41, 5.74) is 0. The molecule has 1 atom stereocenters. The standard InChI is InChI=1S/C33H65NO4/c1-5-6-7-8-9-10-11-12-13-14-15-16-17-18-19-20-21-22-23-24-25-26-27-28-33(37)38-31(29-32(35)36)30-34(2,3)4/h31H,5-30H2,1-4H3/p+1/t31-/m0/s1. The van der Waals surface area contributed by atoms with Crippen LogP contribution in [0.2, 0.25) is 0 Å². The van der Waals surface area contributed by atoms with E-state index in [9.17, 15) is 9.59 Å². The molecule has 0 radical (unpaired) electrons. The van der Waals surface area contributed by atoms with E-state index in [2.05, 4.69) is 6.92 Å². The van der Waals surface area contributed by atoms with Crippen molar-refractivity contribution in [2.24, 2.45) is 0 Å². The number of carboxylic acid groups (broad SMARTS) is 1. The largest absolute Gasteiger partial charge is 0.481 e. The van der Waals surface area contributed by atoms with E-state index in [-0.39, 0.29) is 12.4 Å². The van der Waals surface area contributed by atoms with Gasteiger partial charge in [0.1, 0.15) is 6.54 Å². The Morgan fingerprint density at radius 2 is 0.895 bits per heavy atom. The summed E-state index contributed by atoms with van der Waals surface area (Å²) in [5, 5.41) is 9.06. The molecule has 0 aromatic rings. The summed E-state index contributed by atoms with van der Waals surface area (Å²) >= 11 is 0. The summed E-state index contributed by atoms with van der Waals surface area (Å²) < 4.78 is 6.03. The van der Waals surface area contributed by atoms with Gasteiger partial charge in [-0.3, -0.25) is 9.59 Å². The fourth-order valence-electron chi connectivity index (χ4n) is 5.25. The predicted octanol–water partition coefficient (Wildman–Crippen LogP) is 9.46. The molecule has 0 unspecified atom stereocenters. The third-order valence-corrected chi connectivity index (χ3v) is 7.44. The molecule has 0 aliphatic carbocycles. The van der Waals surface area contributed by atoms with Crippen LogP contribution in [-0.4, -0.2) is 55.3 Å². The first-order valence-corrected chi connectivity index (χ1v) is 16.5. The second-order valence-electron chi connectivity index (χ2n) is 12.7. The van der Waals surface area contributed by atoms with Crippen molar-refractivity contribution in [3.63, 3.8) is 0 Å². The minimum atomic E-state index is -0.921. The van der Waals surface area contributed by atoms with Crippen LogP contribution in [0, 0.1) is 0 Å². The SMILES string of the molecule is CCCCCCCCCCCCCCCCCCCCCCCCCC(=O)O[C@@H](CC(=O)O)C[N+](C)(C)C. The molecule has 38 heavy (non-hydrogen) atoms. The highest BCUT2D eigenvalue weighted by Gasteiger charge is 2.24. The molecule has 0 aromatic heterocycles. The van der Waals surface area contributed by atoms with E-state index in [0.29, 0.717) is 17.4 Å². The maximum absolute atomic E-state index is 12.1. The van der Waals surface area contributed by atoms with E-state index < -0.39 is 12.1 Å². The van der Waals surface area contributed by atoms with Crippen molar-refractivity contribution in [1.29, 1.82) is 0 Å². The number of nitrogens with zero attached hydrogens (tertiary/aromatic N) is 1. The van der Waals surface area contributed by atoms with Crippen LogP contribution >= 0.6 is 0 Å². The third-order valence-electron chi connectivity index (χ3n) is 7.44. The topological polar surface area (TPSA) is 63.6 Å². The van der Waals surface area contributed by atoms with Crippen molar-refractivity contribution in [2.75, 3.05) is 27.7 Å². The highest BCUT2D eigenvalue weighted by atomic mass is 16.5. The van der Waals surface area contributed by atoms with Gasteiger partial charge in [-0.15, -0.1) is 0 Å². The van der Waals surface area contributed by atoms with Crippen molar-refractivity contribution in [3.8, 4) is 0 Å². The van der Waals surface area contributed by atoms with Crippen molar-refractivity contribution >= 4 is 11.9 Å². The van der Waals surface area contributed by atoms with Crippen molar-refractivity contribution in [2.45, 2.75) is 174 Å². The number of carboxylic acids is 1. The Hall–Kier alpha value is -1.10. The van der Waals surface area contributed by atoms with Crippen LogP contribution in [0.4, 0.5) is 0 Å². The van der Waals surface area contributed by atoms with E-state index in [1.807, 2.05) is 21.1 Å². The lowest BCUT2D eigenvalue weighted by atomic mass is 10.0. The lowest BCUT2D eigenvalue weighted by molar-refractivity contribution is -0.873. The number of rotatable bonds is 29. The van der Waals surface area contributed by atoms with Gasteiger partial charge in [0.15, 0.2) is 6.10 Å². The van der Waals surface area contributed by atoms with Gasteiger partial charge < -0.3 is 14.3 Å². The maximum Gasteiger partial charge on any atom is 0.307 e. The van der Waals surface area contributed by atoms with Crippen LogP contribution in [0.1, 0.15) is 167 Å². The Morgan fingerprint density at radius 3 is 1.18 bits per heavy atom. The summed E-state index contributed by atoms with van der Waals surface area (Å²) in [5.74, 6) is -1.18. The van der Waals surface area contributed by atoms with Gasteiger partial charge in [0.2, 0.25) is 0 Å². The molecule has 0 aliphatic heterocycles. The minimum absolute atomic E-state index is 0.124. The molecular weight excluding hydrogens is 474 g/mol. The van der Waals surface area contributed by atoms with Gasteiger partial charge in [0.25, 0.3) is 0 Å². The molecule has 0 saturated carbocycles. The van der Waals surface area contributed by atoms with Gasteiger partial charge in [-0.2, -0.15) is 0 Å². The summed E-state index contributed by atoms with van der Waals surface area (Å²) in [7, 11) is 5.93. The molecule has 0 fully saturated rings. The van der Waals surface area contributed by atoms with Crippen molar-refractivity contribution in [1.82, 2.24) is 0 Å². The highest BCUT2D eigenvalue weighted by molar-refractivity contribution is 5.71. The number of esters is 1. The Balaban J connectivity index is 3.37. The second kappa shape index (κ2) is 26.1. The molecule has 0 aliphatic rings. The van der Waals surface area contributed by atoms with Crippen molar-refractivity contribution in [3.05, 3.63) is 0 Å². The van der Waals surface area contributed by atoms with Crippen molar-refractivity contribution < 1.29 is 23.9 Å². The van der Waals surface area contributed by atoms with Crippen LogP contribution in [0.5, 0.6) is 0 Å². The van der Waals surface area contributed by atoms with Gasteiger partial charge in [-0.1, -0.05) is 148 Å². The second-order valence-corrected chi connectivity index (χ2v) is 12.7. The Kier molecular flexibility index (Phi) is 25.4. The summed E-state index contributed by atoms with van der Waals surface area (Å²) in [6, 6.07) is 0. The molecule has 0 amide bonds. The minimum Gasteiger partial charge on any atom is -0.481 e. The number of carbonyl (C=O) groups excluding carboxylic acids is 1. The quantitative estimate of drug-likeness (QED) is 0.0583. The molecule has 0 aromatic carbocycles. The molecule has 0 bridgehead atoms. The average molecular weight is 541 g/mol. The molecule has 0 saturated heterocycles. The zero-order valence-corrected chi connectivity index (χ0v) is 26.1. The van der Waals surface area contributed by atoms with Gasteiger partial charge in [-0.05, 0) is 6.42 Å². The first kappa shape index (κ1) is 36.9. The fourth-order valence-corrected chi connectivity index (χ4v) is 5.25. The lowest BCUT2D eigenvalue weighted by Crippen LogP contribution is -2.43. The van der Waals surface area contributed by atoms with Crippen LogP contribution in [0.15, 0.2) is 0 Å². The van der Waals surface area contributed by atoms with Gasteiger partial charge in [0, 0.05) is 6.42 Å². The molecule has 0 spiro atoms. The first-order valence-electron chi connectivity index (χ1n) is 16.5. The molecule has 5 nitrogen and oxygen atoms in total. The molecule has 0 heterocycles. The fraction of sp³-hybridized carbons (Fsp3) is 0.939. The van der Waals surface area contributed by atoms with Crippen LogP contribution in [0.3, 0.4) is 0 Å². The number of aliphatic carboxylic acids is 1. The number of hydrogen-bond acceptors (Lipinski definition) is 3. The number of likely N-dealkylation sites (N-methyl/N-ethyl adjacent to an activating group) is 1. The first-order chi connectivity index (χ1) is 18.2. The van der Waals surface area contributed by atoms with E-state index in [4.69, 9.17) is 9.84 Å². The van der Waals surface area contributed by atoms with E-state index in [1.54, 1.807) is 0 Å². The number of unbranched alkanes of at least 4 members (excludes halogenated alkanes) is 22. The average Bonchev–Trinajstić information content (AvgIpc) is 2.83. The Labute approximate surface area is 237 Å². The monoisotopic (exact) mass is 540 g/mol. The normalized spacial score (nSPS) is 12.5. The van der Waals surface area contributed by atoms with E-state index in [1.165, 1.54) is 135 Å². The smallest absolute Gasteiger partial charge is 0.307 e.